The fourth-order valence-corrected chi connectivity index (χ4v) is 1.68. The Bertz CT molecular complexity index is 113. The summed E-state index contributed by atoms with van der Waals surface area (Å²) < 4.78 is 0. The molecule has 78 valence electrons. The molecule has 0 aliphatic rings. The highest BCUT2D eigenvalue weighted by Gasteiger charge is 1.98. The molecule has 0 N–H and O–H groups in total. The summed E-state index contributed by atoms with van der Waals surface area (Å²) in [6.07, 6.45) is 14.0. The molecule has 0 aliphatic carbocycles. The molecule has 0 radical (unpaired) electrons. The number of allylic oxidation sites excluding steroid dienone is 2. The summed E-state index contributed by atoms with van der Waals surface area (Å²) >= 11 is 0. The molecule has 0 amide bonds. The van der Waals surface area contributed by atoms with Crippen molar-refractivity contribution in [3.8, 4) is 0 Å². The van der Waals surface area contributed by atoms with Gasteiger partial charge in [0.15, 0.2) is 0 Å². The van der Waals surface area contributed by atoms with E-state index in [9.17, 15) is 0 Å². The molecule has 0 aliphatic heterocycles. The van der Waals surface area contributed by atoms with E-state index in [0.29, 0.717) is 0 Å². The fraction of sp³-hybridized carbons (Fsp3) is 0.846. The zero-order valence-electron chi connectivity index (χ0n) is 9.68. The van der Waals surface area contributed by atoms with Crippen molar-refractivity contribution in [1.82, 2.24) is 0 Å². The van der Waals surface area contributed by atoms with Crippen molar-refractivity contribution in [1.29, 1.82) is 0 Å². The average Bonchev–Trinajstić information content (AvgIpc) is 2.11. The Morgan fingerprint density at radius 1 is 1.00 bits per heavy atom. The van der Waals surface area contributed by atoms with Gasteiger partial charge in [-0.15, -0.1) is 0 Å². The molecule has 0 bridgehead atoms. The molecular formula is C13H26. The number of hydrogen-bond donors (Lipinski definition) is 0. The van der Waals surface area contributed by atoms with Crippen LogP contribution in [0.1, 0.15) is 65.7 Å². The van der Waals surface area contributed by atoms with Gasteiger partial charge in [0.25, 0.3) is 0 Å². The normalized spacial score (nSPS) is 13.8. The maximum Gasteiger partial charge on any atom is -0.0351 e. The van der Waals surface area contributed by atoms with Crippen LogP contribution in [0.4, 0.5) is 0 Å². The molecule has 0 aromatic rings. The van der Waals surface area contributed by atoms with Crippen LogP contribution in [0.25, 0.3) is 0 Å². The average molecular weight is 182 g/mol. The second-order valence-corrected chi connectivity index (χ2v) is 4.06. The van der Waals surface area contributed by atoms with Crippen LogP contribution in [0, 0.1) is 5.92 Å². The number of hydrogen-bond acceptors (Lipinski definition) is 0. The highest BCUT2D eigenvalue weighted by Crippen LogP contribution is 2.14. The van der Waals surface area contributed by atoms with Gasteiger partial charge in [-0.1, -0.05) is 58.6 Å². The van der Waals surface area contributed by atoms with Gasteiger partial charge in [0, 0.05) is 0 Å². The Kier molecular flexibility index (Phi) is 9.63. The predicted molar refractivity (Wildman–Crippen MR) is 62.0 cm³/mol. The second kappa shape index (κ2) is 9.83. The van der Waals surface area contributed by atoms with Crippen LogP contribution in [-0.2, 0) is 0 Å². The van der Waals surface area contributed by atoms with Crippen molar-refractivity contribution in [2.75, 3.05) is 0 Å². The van der Waals surface area contributed by atoms with E-state index >= 15 is 0 Å². The topological polar surface area (TPSA) is 0 Å². The van der Waals surface area contributed by atoms with Crippen LogP contribution in [-0.4, -0.2) is 0 Å². The van der Waals surface area contributed by atoms with E-state index in [4.69, 9.17) is 0 Å². The number of unbranched alkanes of at least 4 members (excludes halogenated alkanes) is 2. The fourth-order valence-electron chi connectivity index (χ4n) is 1.68. The molecule has 13 heavy (non-hydrogen) atoms. The van der Waals surface area contributed by atoms with Crippen LogP contribution >= 0.6 is 0 Å². The van der Waals surface area contributed by atoms with Crippen LogP contribution in [0.15, 0.2) is 12.2 Å². The molecular weight excluding hydrogens is 156 g/mol. The van der Waals surface area contributed by atoms with Gasteiger partial charge in [-0.25, -0.2) is 0 Å². The summed E-state index contributed by atoms with van der Waals surface area (Å²) in [6, 6.07) is 0. The lowest BCUT2D eigenvalue weighted by atomic mass is 9.99. The van der Waals surface area contributed by atoms with Crippen LogP contribution in [0.5, 0.6) is 0 Å². The van der Waals surface area contributed by atoms with E-state index in [1.54, 1.807) is 0 Å². The molecule has 0 saturated carbocycles. The minimum Gasteiger partial charge on any atom is -0.0888 e. The molecule has 0 spiro atoms. The lowest BCUT2D eigenvalue weighted by Crippen LogP contribution is -1.93. The first-order valence-electron chi connectivity index (χ1n) is 5.96. The lowest BCUT2D eigenvalue weighted by molar-refractivity contribution is 0.462. The van der Waals surface area contributed by atoms with E-state index in [0.717, 1.165) is 5.92 Å². The summed E-state index contributed by atoms with van der Waals surface area (Å²) in [7, 11) is 0. The van der Waals surface area contributed by atoms with Crippen LogP contribution in [0.2, 0.25) is 0 Å². The van der Waals surface area contributed by atoms with Crippen molar-refractivity contribution < 1.29 is 0 Å². The van der Waals surface area contributed by atoms with Gasteiger partial charge < -0.3 is 0 Å². The lowest BCUT2D eigenvalue weighted by Gasteiger charge is -2.08. The third kappa shape index (κ3) is 9.66. The van der Waals surface area contributed by atoms with Crippen molar-refractivity contribution in [3.05, 3.63) is 12.2 Å². The largest absolute Gasteiger partial charge is 0.0888 e. The zero-order valence-corrected chi connectivity index (χ0v) is 9.68. The molecule has 0 fully saturated rings. The van der Waals surface area contributed by atoms with Gasteiger partial charge in [0.2, 0.25) is 0 Å². The summed E-state index contributed by atoms with van der Waals surface area (Å²) in [5.74, 6) is 0.945. The van der Waals surface area contributed by atoms with Crippen LogP contribution in [0.3, 0.4) is 0 Å². The van der Waals surface area contributed by atoms with Gasteiger partial charge in [-0.05, 0) is 25.2 Å². The first kappa shape index (κ1) is 12.7. The summed E-state index contributed by atoms with van der Waals surface area (Å²) in [5, 5.41) is 0. The molecule has 0 heteroatoms. The van der Waals surface area contributed by atoms with E-state index < -0.39 is 0 Å². The molecule has 0 heterocycles. The third-order valence-electron chi connectivity index (χ3n) is 2.50. The van der Waals surface area contributed by atoms with E-state index in [-0.39, 0.29) is 0 Å². The first-order chi connectivity index (χ1) is 6.31. The van der Waals surface area contributed by atoms with Crippen molar-refractivity contribution in [2.24, 2.45) is 5.92 Å². The highest BCUT2D eigenvalue weighted by molar-refractivity contribution is 4.79. The predicted octanol–water partition coefficient (Wildman–Crippen LogP) is 4.95. The SMILES string of the molecule is CC/C=C/CCCCC(C)CCC. The quantitative estimate of drug-likeness (QED) is 0.368. The Labute approximate surface area is 84.4 Å². The Morgan fingerprint density at radius 3 is 2.38 bits per heavy atom. The zero-order chi connectivity index (χ0) is 9.94. The van der Waals surface area contributed by atoms with Crippen molar-refractivity contribution >= 4 is 0 Å². The monoisotopic (exact) mass is 182 g/mol. The van der Waals surface area contributed by atoms with Gasteiger partial charge in [0.1, 0.15) is 0 Å². The summed E-state index contributed by atoms with van der Waals surface area (Å²) in [4.78, 5) is 0. The molecule has 0 saturated heterocycles. The maximum atomic E-state index is 2.38. The molecule has 0 aromatic heterocycles. The van der Waals surface area contributed by atoms with Gasteiger partial charge in [-0.2, -0.15) is 0 Å². The molecule has 0 aromatic carbocycles. The Morgan fingerprint density at radius 2 is 1.77 bits per heavy atom. The molecule has 0 rings (SSSR count). The third-order valence-corrected chi connectivity index (χ3v) is 2.50. The van der Waals surface area contributed by atoms with Crippen molar-refractivity contribution in [3.63, 3.8) is 0 Å². The minimum atomic E-state index is 0.945. The Balaban J connectivity index is 3.10. The smallest absolute Gasteiger partial charge is 0.0351 e. The van der Waals surface area contributed by atoms with Gasteiger partial charge in [-0.3, -0.25) is 0 Å². The highest BCUT2D eigenvalue weighted by atomic mass is 14.0. The standard InChI is InChI=1S/C13H26/c1-4-6-7-8-9-10-12-13(3)11-5-2/h6-7,13H,4-5,8-12H2,1-3H3/b7-6+. The minimum absolute atomic E-state index is 0.945. The van der Waals surface area contributed by atoms with E-state index in [2.05, 4.69) is 32.9 Å². The number of rotatable bonds is 8. The first-order valence-corrected chi connectivity index (χ1v) is 5.96. The van der Waals surface area contributed by atoms with Gasteiger partial charge in [0.05, 0.1) is 0 Å². The summed E-state index contributed by atoms with van der Waals surface area (Å²) in [5.41, 5.74) is 0. The van der Waals surface area contributed by atoms with E-state index in [1.807, 2.05) is 0 Å². The van der Waals surface area contributed by atoms with Crippen LogP contribution < -0.4 is 0 Å². The van der Waals surface area contributed by atoms with Gasteiger partial charge >= 0.3 is 0 Å². The molecule has 1 unspecified atom stereocenters. The Hall–Kier alpha value is -0.260. The molecule has 0 nitrogen and oxygen atoms in total. The maximum absolute atomic E-state index is 2.38. The second-order valence-electron chi connectivity index (χ2n) is 4.06. The molecule has 1 atom stereocenters. The summed E-state index contributed by atoms with van der Waals surface area (Å²) in [6.45, 7) is 6.85. The van der Waals surface area contributed by atoms with Crippen molar-refractivity contribution in [2.45, 2.75) is 65.7 Å². The van der Waals surface area contributed by atoms with E-state index in [1.165, 1.54) is 44.9 Å².